The average molecular weight is 327 g/mol. The lowest BCUT2D eigenvalue weighted by molar-refractivity contribution is -0.138. The summed E-state index contributed by atoms with van der Waals surface area (Å²) in [5.41, 5.74) is 1.01. The first-order chi connectivity index (χ1) is 10.9. The zero-order valence-electron chi connectivity index (χ0n) is 13.3. The third-order valence-corrected chi connectivity index (χ3v) is 5.21. The van der Waals surface area contributed by atoms with Crippen LogP contribution in [-0.4, -0.2) is 51.3 Å². The number of likely N-dealkylation sites (tertiary alicyclic amines) is 1. The van der Waals surface area contributed by atoms with Gasteiger partial charge in [-0.25, -0.2) is 8.78 Å². The summed E-state index contributed by atoms with van der Waals surface area (Å²) in [6, 6.07) is 0. The summed E-state index contributed by atoms with van der Waals surface area (Å²) in [5.74, 6) is -2.92. The van der Waals surface area contributed by atoms with Gasteiger partial charge in [0.05, 0.1) is 6.20 Å². The number of rotatable bonds is 3. The molecule has 2 aliphatic rings. The molecule has 2 fully saturated rings. The minimum atomic E-state index is -2.62. The summed E-state index contributed by atoms with van der Waals surface area (Å²) in [7, 11) is 1.83. The van der Waals surface area contributed by atoms with Crippen molar-refractivity contribution in [3.05, 3.63) is 18.0 Å². The monoisotopic (exact) mass is 327 g/mol. The molecular weight excluding hydrogens is 304 g/mol. The van der Waals surface area contributed by atoms with Crippen LogP contribution in [0.5, 0.6) is 0 Å². The molecule has 1 N–H and O–H groups in total. The molecule has 1 saturated heterocycles. The molecule has 2 heterocycles. The number of alkyl halides is 2. The van der Waals surface area contributed by atoms with Crippen molar-refractivity contribution < 1.29 is 18.7 Å². The van der Waals surface area contributed by atoms with Crippen LogP contribution in [0.25, 0.3) is 0 Å². The van der Waals surface area contributed by atoms with Crippen LogP contribution >= 0.6 is 0 Å². The van der Waals surface area contributed by atoms with Crippen molar-refractivity contribution in [1.29, 1.82) is 0 Å². The number of aromatic nitrogens is 2. The van der Waals surface area contributed by atoms with E-state index in [2.05, 4.69) is 5.10 Å². The Labute approximate surface area is 134 Å². The van der Waals surface area contributed by atoms with E-state index in [1.807, 2.05) is 13.2 Å². The smallest absolute Gasteiger partial charge is 0.248 e. The number of aryl methyl sites for hydroxylation is 1. The van der Waals surface area contributed by atoms with Crippen LogP contribution in [0.3, 0.4) is 0 Å². The molecule has 0 radical (unpaired) electrons. The highest BCUT2D eigenvalue weighted by Gasteiger charge is 2.42. The minimum Gasteiger partial charge on any atom is -0.396 e. The lowest BCUT2D eigenvalue weighted by Gasteiger charge is -2.30. The predicted octanol–water partition coefficient (Wildman–Crippen LogP) is 1.78. The van der Waals surface area contributed by atoms with E-state index in [9.17, 15) is 18.7 Å². The van der Waals surface area contributed by atoms with Crippen LogP contribution in [0, 0.1) is 11.8 Å². The van der Waals surface area contributed by atoms with Crippen molar-refractivity contribution in [3.63, 3.8) is 0 Å². The van der Waals surface area contributed by atoms with E-state index in [4.69, 9.17) is 0 Å². The zero-order chi connectivity index (χ0) is 16.6. The molecule has 128 valence electrons. The van der Waals surface area contributed by atoms with Gasteiger partial charge in [0.25, 0.3) is 0 Å². The number of hydrogen-bond donors (Lipinski definition) is 1. The van der Waals surface area contributed by atoms with Crippen LogP contribution in [0.15, 0.2) is 12.4 Å². The molecule has 0 aromatic carbocycles. The van der Waals surface area contributed by atoms with Crippen LogP contribution < -0.4 is 0 Å². The molecule has 1 saturated carbocycles. The Hall–Kier alpha value is -1.50. The van der Waals surface area contributed by atoms with Gasteiger partial charge in [-0.15, -0.1) is 0 Å². The molecule has 1 aliphatic heterocycles. The number of carbonyl (C=O) groups is 1. The molecule has 7 heteroatoms. The summed E-state index contributed by atoms with van der Waals surface area (Å²) in [5, 5.41) is 13.8. The lowest BCUT2D eigenvalue weighted by Crippen LogP contribution is -2.38. The second-order valence-corrected chi connectivity index (χ2v) is 6.87. The maximum absolute atomic E-state index is 13.3. The van der Waals surface area contributed by atoms with Crippen LogP contribution in [0.2, 0.25) is 0 Å². The fourth-order valence-electron chi connectivity index (χ4n) is 3.79. The predicted molar refractivity (Wildman–Crippen MR) is 80.0 cm³/mol. The highest BCUT2D eigenvalue weighted by molar-refractivity contribution is 5.79. The average Bonchev–Trinajstić information content (AvgIpc) is 3.12. The van der Waals surface area contributed by atoms with Gasteiger partial charge in [0.15, 0.2) is 0 Å². The molecule has 1 aromatic heterocycles. The zero-order valence-corrected chi connectivity index (χ0v) is 13.3. The SMILES string of the molecule is Cn1cc([C@@H]2CN(C(=O)C3CCC(F)(F)CC3)C[C@H]2CO)cn1. The van der Waals surface area contributed by atoms with Crippen molar-refractivity contribution in [2.45, 2.75) is 37.5 Å². The van der Waals surface area contributed by atoms with Crippen molar-refractivity contribution in [2.24, 2.45) is 18.9 Å². The quantitative estimate of drug-likeness (QED) is 0.921. The fraction of sp³-hybridized carbons (Fsp3) is 0.750. The van der Waals surface area contributed by atoms with Gasteiger partial charge in [0.1, 0.15) is 0 Å². The normalized spacial score (nSPS) is 28.3. The number of carbonyl (C=O) groups excluding carboxylic acids is 1. The summed E-state index contributed by atoms with van der Waals surface area (Å²) in [6.07, 6.45) is 3.78. The number of hydrogen-bond acceptors (Lipinski definition) is 3. The van der Waals surface area contributed by atoms with Crippen LogP contribution in [-0.2, 0) is 11.8 Å². The molecule has 0 spiro atoms. The summed E-state index contributed by atoms with van der Waals surface area (Å²) >= 11 is 0. The van der Waals surface area contributed by atoms with Gasteiger partial charge in [-0.05, 0) is 18.4 Å². The molecular formula is C16H23F2N3O2. The molecule has 0 bridgehead atoms. The highest BCUT2D eigenvalue weighted by Crippen LogP contribution is 2.39. The van der Waals surface area contributed by atoms with Crippen molar-refractivity contribution in [3.8, 4) is 0 Å². The number of amides is 1. The van der Waals surface area contributed by atoms with Crippen LogP contribution in [0.4, 0.5) is 8.78 Å². The number of nitrogens with zero attached hydrogens (tertiary/aromatic N) is 3. The van der Waals surface area contributed by atoms with Gasteiger partial charge in [0.2, 0.25) is 11.8 Å². The van der Waals surface area contributed by atoms with E-state index in [1.54, 1.807) is 15.8 Å². The highest BCUT2D eigenvalue weighted by atomic mass is 19.3. The van der Waals surface area contributed by atoms with E-state index >= 15 is 0 Å². The van der Waals surface area contributed by atoms with Gasteiger partial charge < -0.3 is 10.0 Å². The fourth-order valence-corrected chi connectivity index (χ4v) is 3.79. The number of halogens is 2. The standard InChI is InChI=1S/C16H23F2N3O2/c1-20-7-12(6-19-20)14-9-21(8-13(14)10-22)15(23)11-2-4-16(17,18)5-3-11/h6-7,11,13-14,22H,2-5,8-10H2,1H3/t13-,14-/m0/s1. The minimum absolute atomic E-state index is 0.00603. The third kappa shape index (κ3) is 3.39. The maximum atomic E-state index is 13.3. The summed E-state index contributed by atoms with van der Waals surface area (Å²) in [4.78, 5) is 14.4. The van der Waals surface area contributed by atoms with Gasteiger partial charge in [-0.1, -0.05) is 0 Å². The van der Waals surface area contributed by atoms with E-state index in [0.717, 1.165) is 5.56 Å². The number of aliphatic hydroxyl groups is 1. The van der Waals surface area contributed by atoms with E-state index in [1.165, 1.54) is 0 Å². The van der Waals surface area contributed by atoms with E-state index in [0.29, 0.717) is 13.1 Å². The molecule has 23 heavy (non-hydrogen) atoms. The van der Waals surface area contributed by atoms with Crippen molar-refractivity contribution >= 4 is 5.91 Å². The molecule has 1 aliphatic carbocycles. The first kappa shape index (κ1) is 16.4. The Balaban J connectivity index is 1.66. The van der Waals surface area contributed by atoms with Crippen molar-refractivity contribution in [1.82, 2.24) is 14.7 Å². The Morgan fingerprint density at radius 3 is 2.65 bits per heavy atom. The molecule has 0 unspecified atom stereocenters. The largest absolute Gasteiger partial charge is 0.396 e. The van der Waals surface area contributed by atoms with Crippen molar-refractivity contribution in [2.75, 3.05) is 19.7 Å². The topological polar surface area (TPSA) is 58.4 Å². The summed E-state index contributed by atoms with van der Waals surface area (Å²) in [6.45, 7) is 1.02. The maximum Gasteiger partial charge on any atom is 0.248 e. The first-order valence-corrected chi connectivity index (χ1v) is 8.15. The molecule has 3 rings (SSSR count). The second kappa shape index (κ2) is 6.19. The van der Waals surface area contributed by atoms with Crippen LogP contribution in [0.1, 0.15) is 37.2 Å². The van der Waals surface area contributed by atoms with Gasteiger partial charge in [-0.3, -0.25) is 9.48 Å². The summed E-state index contributed by atoms with van der Waals surface area (Å²) < 4.78 is 28.2. The van der Waals surface area contributed by atoms with E-state index < -0.39 is 5.92 Å². The molecule has 2 atom stereocenters. The third-order valence-electron chi connectivity index (χ3n) is 5.21. The molecule has 1 amide bonds. The molecule has 1 aromatic rings. The Bertz CT molecular complexity index is 565. The lowest BCUT2D eigenvalue weighted by atomic mass is 9.86. The number of aliphatic hydroxyl groups excluding tert-OH is 1. The first-order valence-electron chi connectivity index (χ1n) is 8.15. The van der Waals surface area contributed by atoms with E-state index in [-0.39, 0.29) is 56.0 Å². The van der Waals surface area contributed by atoms with Gasteiger partial charge in [0, 0.05) is 63.5 Å². The van der Waals surface area contributed by atoms with Gasteiger partial charge in [-0.2, -0.15) is 5.10 Å². The molecule has 5 nitrogen and oxygen atoms in total. The Morgan fingerprint density at radius 1 is 1.39 bits per heavy atom. The Kier molecular flexibility index (Phi) is 4.40. The second-order valence-electron chi connectivity index (χ2n) is 6.87. The Morgan fingerprint density at radius 2 is 2.09 bits per heavy atom. The van der Waals surface area contributed by atoms with Gasteiger partial charge >= 0.3 is 0 Å².